The molecule has 1 saturated heterocycles. The molecule has 2 aliphatic rings. The Hall–Kier alpha value is -2.15. The Kier molecular flexibility index (Phi) is 4.99. The largest absolute Gasteiger partial charge is 0.369 e. The summed E-state index contributed by atoms with van der Waals surface area (Å²) < 4.78 is 0. The van der Waals surface area contributed by atoms with Gasteiger partial charge in [-0.1, -0.05) is 0 Å². The van der Waals surface area contributed by atoms with E-state index in [0.717, 1.165) is 31.9 Å². The predicted molar refractivity (Wildman–Crippen MR) is 92.1 cm³/mol. The molecule has 130 valence electrons. The van der Waals surface area contributed by atoms with Gasteiger partial charge < -0.3 is 10.2 Å². The normalized spacial score (nSPS) is 19.8. The van der Waals surface area contributed by atoms with Crippen molar-refractivity contribution in [2.75, 3.05) is 37.6 Å². The second-order valence-electron chi connectivity index (χ2n) is 6.73. The van der Waals surface area contributed by atoms with E-state index in [2.05, 4.69) is 22.0 Å². The fourth-order valence-corrected chi connectivity index (χ4v) is 3.17. The topological polar surface area (TPSA) is 78.7 Å². The first-order chi connectivity index (χ1) is 11.5. The number of hydrogen-bond donors (Lipinski definition) is 1. The van der Waals surface area contributed by atoms with Crippen molar-refractivity contribution in [2.45, 2.75) is 25.8 Å². The minimum Gasteiger partial charge on any atom is -0.369 e. The molecule has 1 saturated carbocycles. The maximum Gasteiger partial charge on any atom is 0.269 e. The van der Waals surface area contributed by atoms with Gasteiger partial charge in [0, 0.05) is 50.0 Å². The fraction of sp³-hybridized carbons (Fsp3) is 0.588. The van der Waals surface area contributed by atoms with Gasteiger partial charge in [0.1, 0.15) is 0 Å². The Morgan fingerprint density at radius 3 is 2.42 bits per heavy atom. The van der Waals surface area contributed by atoms with Crippen LogP contribution in [0.4, 0.5) is 11.4 Å². The highest BCUT2D eigenvalue weighted by molar-refractivity contribution is 5.78. The molecular weight excluding hydrogens is 308 g/mol. The van der Waals surface area contributed by atoms with Crippen LogP contribution in [0.3, 0.4) is 0 Å². The molecule has 1 amide bonds. The highest BCUT2D eigenvalue weighted by Crippen LogP contribution is 2.32. The van der Waals surface area contributed by atoms with Crippen molar-refractivity contribution in [1.29, 1.82) is 0 Å². The number of benzene rings is 1. The van der Waals surface area contributed by atoms with Crippen molar-refractivity contribution in [1.82, 2.24) is 10.2 Å². The maximum absolute atomic E-state index is 12.1. The van der Waals surface area contributed by atoms with Crippen molar-refractivity contribution in [3.8, 4) is 0 Å². The molecule has 7 heteroatoms. The molecule has 3 rings (SSSR count). The monoisotopic (exact) mass is 332 g/mol. The van der Waals surface area contributed by atoms with Crippen LogP contribution < -0.4 is 10.2 Å². The average Bonchev–Trinajstić information content (AvgIpc) is 3.40. The fourth-order valence-electron chi connectivity index (χ4n) is 3.17. The van der Waals surface area contributed by atoms with Crippen LogP contribution in [0.15, 0.2) is 24.3 Å². The zero-order valence-electron chi connectivity index (χ0n) is 14.0. The Morgan fingerprint density at radius 2 is 1.88 bits per heavy atom. The van der Waals surface area contributed by atoms with Gasteiger partial charge in [0.05, 0.1) is 11.5 Å². The third-order valence-corrected chi connectivity index (χ3v) is 4.88. The molecule has 7 nitrogen and oxygen atoms in total. The Bertz CT molecular complexity index is 592. The van der Waals surface area contributed by atoms with E-state index in [1.807, 2.05) is 0 Å². The van der Waals surface area contributed by atoms with Crippen LogP contribution in [0.2, 0.25) is 0 Å². The van der Waals surface area contributed by atoms with Crippen LogP contribution in [0.25, 0.3) is 0 Å². The molecule has 1 atom stereocenters. The van der Waals surface area contributed by atoms with Gasteiger partial charge in [0.2, 0.25) is 5.91 Å². The molecule has 1 aliphatic heterocycles. The number of nitro benzene ring substituents is 1. The zero-order valence-corrected chi connectivity index (χ0v) is 14.0. The standard InChI is InChI=1S/C17H24N4O3/c1-13(14-2-3-14)18-17(22)12-19-8-10-20(11-9-19)15-4-6-16(7-5-15)21(23)24/h4-7,13-14H,2-3,8-12H2,1H3,(H,18,22)/t13-/m1/s1. The van der Waals surface area contributed by atoms with Gasteiger partial charge >= 0.3 is 0 Å². The van der Waals surface area contributed by atoms with Crippen LogP contribution in [-0.4, -0.2) is 54.5 Å². The summed E-state index contributed by atoms with van der Waals surface area (Å²) in [6, 6.07) is 6.94. The molecule has 1 aromatic rings. The Balaban J connectivity index is 1.44. The van der Waals surface area contributed by atoms with E-state index in [1.165, 1.54) is 25.0 Å². The Labute approximate surface area is 141 Å². The summed E-state index contributed by atoms with van der Waals surface area (Å²) in [6.07, 6.45) is 2.46. The van der Waals surface area contributed by atoms with Crippen molar-refractivity contribution >= 4 is 17.3 Å². The number of non-ortho nitro benzene ring substituents is 1. The molecule has 1 aliphatic carbocycles. The van der Waals surface area contributed by atoms with Crippen molar-refractivity contribution in [3.05, 3.63) is 34.4 Å². The number of nitrogens with zero attached hydrogens (tertiary/aromatic N) is 3. The van der Waals surface area contributed by atoms with E-state index in [1.54, 1.807) is 12.1 Å². The first-order valence-electron chi connectivity index (χ1n) is 8.54. The third kappa shape index (κ3) is 4.23. The summed E-state index contributed by atoms with van der Waals surface area (Å²) in [6.45, 7) is 5.82. The lowest BCUT2D eigenvalue weighted by atomic mass is 10.2. The van der Waals surface area contributed by atoms with E-state index in [-0.39, 0.29) is 16.5 Å². The summed E-state index contributed by atoms with van der Waals surface area (Å²) in [5, 5.41) is 13.8. The SMILES string of the molecule is C[C@@H](NC(=O)CN1CCN(c2ccc([N+](=O)[O-])cc2)CC1)C1CC1. The molecule has 0 bridgehead atoms. The number of amides is 1. The van der Waals surface area contributed by atoms with Crippen molar-refractivity contribution < 1.29 is 9.72 Å². The van der Waals surface area contributed by atoms with Crippen molar-refractivity contribution in [3.63, 3.8) is 0 Å². The quantitative estimate of drug-likeness (QED) is 0.633. The van der Waals surface area contributed by atoms with Crippen LogP contribution in [-0.2, 0) is 4.79 Å². The molecule has 1 aromatic carbocycles. The molecule has 1 heterocycles. The first kappa shape index (κ1) is 16.7. The van der Waals surface area contributed by atoms with E-state index < -0.39 is 0 Å². The highest BCUT2D eigenvalue weighted by atomic mass is 16.6. The van der Waals surface area contributed by atoms with Gasteiger partial charge in [-0.05, 0) is 37.8 Å². The summed E-state index contributed by atoms with van der Waals surface area (Å²) >= 11 is 0. The summed E-state index contributed by atoms with van der Waals surface area (Å²) in [4.78, 5) is 26.8. The second kappa shape index (κ2) is 7.17. The summed E-state index contributed by atoms with van der Waals surface area (Å²) in [5.41, 5.74) is 1.10. The smallest absolute Gasteiger partial charge is 0.269 e. The van der Waals surface area contributed by atoms with Gasteiger partial charge in [-0.2, -0.15) is 0 Å². The second-order valence-corrected chi connectivity index (χ2v) is 6.73. The van der Waals surface area contributed by atoms with Gasteiger partial charge in [0.15, 0.2) is 0 Å². The summed E-state index contributed by atoms with van der Waals surface area (Å²) in [7, 11) is 0. The molecule has 0 spiro atoms. The number of nitro groups is 1. The third-order valence-electron chi connectivity index (χ3n) is 4.88. The Morgan fingerprint density at radius 1 is 1.25 bits per heavy atom. The van der Waals surface area contributed by atoms with Crippen LogP contribution in [0, 0.1) is 16.0 Å². The minimum atomic E-state index is -0.386. The minimum absolute atomic E-state index is 0.109. The summed E-state index contributed by atoms with van der Waals surface area (Å²) in [5.74, 6) is 0.783. The lowest BCUT2D eigenvalue weighted by Gasteiger charge is -2.35. The van der Waals surface area contributed by atoms with Gasteiger partial charge in [-0.3, -0.25) is 19.8 Å². The van der Waals surface area contributed by atoms with E-state index in [9.17, 15) is 14.9 Å². The number of piperazine rings is 1. The van der Waals surface area contributed by atoms with Crippen LogP contribution in [0.1, 0.15) is 19.8 Å². The van der Waals surface area contributed by atoms with Gasteiger partial charge in [0.25, 0.3) is 5.69 Å². The first-order valence-corrected chi connectivity index (χ1v) is 8.54. The lowest BCUT2D eigenvalue weighted by molar-refractivity contribution is -0.384. The molecule has 0 unspecified atom stereocenters. The van der Waals surface area contributed by atoms with E-state index >= 15 is 0 Å². The van der Waals surface area contributed by atoms with Gasteiger partial charge in [-0.25, -0.2) is 0 Å². The average molecular weight is 332 g/mol. The molecular formula is C17H24N4O3. The molecule has 2 fully saturated rings. The van der Waals surface area contributed by atoms with E-state index in [4.69, 9.17) is 0 Å². The number of carbonyl (C=O) groups excluding carboxylic acids is 1. The number of carbonyl (C=O) groups is 1. The number of nitrogens with one attached hydrogen (secondary N) is 1. The highest BCUT2D eigenvalue weighted by Gasteiger charge is 2.29. The predicted octanol–water partition coefficient (Wildman–Crippen LogP) is 1.63. The van der Waals surface area contributed by atoms with Crippen LogP contribution >= 0.6 is 0 Å². The van der Waals surface area contributed by atoms with E-state index in [0.29, 0.717) is 18.5 Å². The lowest BCUT2D eigenvalue weighted by Crippen LogP contribution is -2.50. The van der Waals surface area contributed by atoms with Crippen molar-refractivity contribution in [2.24, 2.45) is 5.92 Å². The zero-order chi connectivity index (χ0) is 17.1. The maximum atomic E-state index is 12.1. The van der Waals surface area contributed by atoms with Crippen LogP contribution in [0.5, 0.6) is 0 Å². The number of anilines is 1. The molecule has 0 aromatic heterocycles. The van der Waals surface area contributed by atoms with Gasteiger partial charge in [-0.15, -0.1) is 0 Å². The number of hydrogen-bond acceptors (Lipinski definition) is 5. The molecule has 0 radical (unpaired) electrons. The number of rotatable bonds is 6. The molecule has 1 N–H and O–H groups in total. The molecule has 24 heavy (non-hydrogen) atoms.